The van der Waals surface area contributed by atoms with Crippen LogP contribution < -0.4 is 0 Å². The van der Waals surface area contributed by atoms with Crippen LogP contribution in [0.25, 0.3) is 64.9 Å². The smallest absolute Gasteiger partial charge is 0.126 e. The molecular weight excluding hydrogens is 480 g/mol. The Balaban J connectivity index is 1.38. The van der Waals surface area contributed by atoms with Crippen LogP contribution in [0.3, 0.4) is 0 Å². The van der Waals surface area contributed by atoms with Crippen molar-refractivity contribution >= 4 is 31.5 Å². The van der Waals surface area contributed by atoms with E-state index in [1.165, 1.54) is 42.4 Å². The van der Waals surface area contributed by atoms with E-state index in [9.17, 15) is 0 Å². The van der Waals surface area contributed by atoms with Crippen molar-refractivity contribution in [3.63, 3.8) is 0 Å². The molecule has 0 amide bonds. The molecule has 0 unspecified atom stereocenters. The highest BCUT2D eigenvalue weighted by Gasteiger charge is 2.12. The van der Waals surface area contributed by atoms with Gasteiger partial charge in [0.2, 0.25) is 0 Å². The van der Waals surface area contributed by atoms with Gasteiger partial charge in [-0.25, -0.2) is 9.97 Å². The molecule has 0 bridgehead atoms. The summed E-state index contributed by atoms with van der Waals surface area (Å²) < 4.78 is 2.59. The van der Waals surface area contributed by atoms with Gasteiger partial charge in [0.1, 0.15) is 5.82 Å². The first kappa shape index (κ1) is 22.6. The normalized spacial score (nSPS) is 11.3. The summed E-state index contributed by atoms with van der Waals surface area (Å²) in [6, 6.07) is 45.2. The van der Waals surface area contributed by atoms with Crippen LogP contribution in [0.2, 0.25) is 0 Å². The fraction of sp³-hybridized carbons (Fsp3) is 0.0286. The molecule has 2 aromatic heterocycles. The van der Waals surface area contributed by atoms with Crippen LogP contribution in [0.1, 0.15) is 5.82 Å². The molecule has 0 saturated heterocycles. The average molecular weight is 505 g/mol. The molecule has 0 aliphatic rings. The number of rotatable bonds is 4. The largest absolute Gasteiger partial charge is 0.233 e. The van der Waals surface area contributed by atoms with Gasteiger partial charge < -0.3 is 0 Å². The molecule has 0 aliphatic carbocycles. The molecule has 0 fully saturated rings. The third kappa shape index (κ3) is 4.17. The van der Waals surface area contributed by atoms with Crippen LogP contribution in [0.4, 0.5) is 0 Å². The molecule has 7 rings (SSSR count). The molecular formula is C35H24N2S. The maximum atomic E-state index is 4.89. The zero-order valence-corrected chi connectivity index (χ0v) is 21.7. The molecule has 0 spiro atoms. The molecule has 2 nitrogen and oxygen atoms in total. The Morgan fingerprint density at radius 1 is 0.421 bits per heavy atom. The van der Waals surface area contributed by atoms with Gasteiger partial charge in [-0.3, -0.25) is 0 Å². The van der Waals surface area contributed by atoms with Gasteiger partial charge in [-0.15, -0.1) is 11.3 Å². The minimum absolute atomic E-state index is 0.764. The highest BCUT2D eigenvalue weighted by Crippen LogP contribution is 2.37. The quantitative estimate of drug-likeness (QED) is 0.238. The van der Waals surface area contributed by atoms with Gasteiger partial charge in [-0.1, -0.05) is 91.0 Å². The SMILES string of the molecule is Cc1nc(-c2cc(-c3ccccc3)cc(-c3ccccc3)c2)cc(-c2ccc3c(c2)sc2ccccc23)n1. The topological polar surface area (TPSA) is 25.8 Å². The van der Waals surface area contributed by atoms with Gasteiger partial charge in [0.05, 0.1) is 11.4 Å². The van der Waals surface area contributed by atoms with E-state index in [2.05, 4.69) is 127 Å². The lowest BCUT2D eigenvalue weighted by molar-refractivity contribution is 1.06. The zero-order valence-electron chi connectivity index (χ0n) is 20.9. The highest BCUT2D eigenvalue weighted by atomic mass is 32.1. The van der Waals surface area contributed by atoms with E-state index in [0.29, 0.717) is 0 Å². The Hall–Kier alpha value is -4.60. The van der Waals surface area contributed by atoms with Crippen molar-refractivity contribution < 1.29 is 0 Å². The number of hydrogen-bond donors (Lipinski definition) is 0. The van der Waals surface area contributed by atoms with Gasteiger partial charge in [0.25, 0.3) is 0 Å². The number of fused-ring (bicyclic) bond motifs is 3. The molecule has 0 aliphatic heterocycles. The van der Waals surface area contributed by atoms with E-state index in [1.807, 2.05) is 18.3 Å². The Morgan fingerprint density at radius 3 is 1.66 bits per heavy atom. The lowest BCUT2D eigenvalue weighted by atomic mass is 9.94. The second kappa shape index (κ2) is 9.37. The molecule has 7 aromatic rings. The maximum absolute atomic E-state index is 4.89. The number of aryl methyl sites for hydroxylation is 1. The summed E-state index contributed by atoms with van der Waals surface area (Å²) >= 11 is 1.83. The Bertz CT molecular complexity index is 1860. The zero-order chi connectivity index (χ0) is 25.5. The van der Waals surface area contributed by atoms with Crippen LogP contribution >= 0.6 is 11.3 Å². The summed E-state index contributed by atoms with van der Waals surface area (Å²) in [5, 5.41) is 2.60. The van der Waals surface area contributed by atoms with Crippen molar-refractivity contribution in [1.82, 2.24) is 9.97 Å². The molecule has 0 saturated carbocycles. The van der Waals surface area contributed by atoms with E-state index in [0.717, 1.165) is 28.3 Å². The van der Waals surface area contributed by atoms with Crippen molar-refractivity contribution in [2.45, 2.75) is 6.92 Å². The first-order valence-corrected chi connectivity index (χ1v) is 13.6. The third-order valence-electron chi connectivity index (χ3n) is 6.96. The lowest BCUT2D eigenvalue weighted by Crippen LogP contribution is -1.95. The standard InChI is InChI=1S/C35H24N2S/c1-23-36-32(26-16-17-31-30-14-8-9-15-34(30)38-35(31)21-26)22-33(37-23)29-19-27(24-10-4-2-5-11-24)18-28(20-29)25-12-6-3-7-13-25/h2-22H,1H3. The van der Waals surface area contributed by atoms with Crippen molar-refractivity contribution in [2.75, 3.05) is 0 Å². The Morgan fingerprint density at radius 2 is 0.974 bits per heavy atom. The van der Waals surface area contributed by atoms with E-state index in [4.69, 9.17) is 9.97 Å². The van der Waals surface area contributed by atoms with E-state index >= 15 is 0 Å². The van der Waals surface area contributed by atoms with Crippen LogP contribution in [0.15, 0.2) is 127 Å². The number of thiophene rings is 1. The molecule has 38 heavy (non-hydrogen) atoms. The van der Waals surface area contributed by atoms with Crippen molar-refractivity contribution in [2.24, 2.45) is 0 Å². The van der Waals surface area contributed by atoms with Crippen molar-refractivity contribution in [1.29, 1.82) is 0 Å². The number of aromatic nitrogens is 2. The molecule has 3 heteroatoms. The van der Waals surface area contributed by atoms with Crippen molar-refractivity contribution in [3.05, 3.63) is 133 Å². The number of nitrogens with zero attached hydrogens (tertiary/aromatic N) is 2. The first-order chi connectivity index (χ1) is 18.7. The summed E-state index contributed by atoms with van der Waals surface area (Å²) in [7, 11) is 0. The second-order valence-corrected chi connectivity index (χ2v) is 10.6. The predicted molar refractivity (Wildman–Crippen MR) is 161 cm³/mol. The highest BCUT2D eigenvalue weighted by molar-refractivity contribution is 7.25. The summed E-state index contributed by atoms with van der Waals surface area (Å²) in [5.74, 6) is 0.764. The molecule has 180 valence electrons. The number of benzene rings is 5. The van der Waals surface area contributed by atoms with E-state index in [1.54, 1.807) is 0 Å². The van der Waals surface area contributed by atoms with Gasteiger partial charge in [0.15, 0.2) is 0 Å². The molecule has 2 heterocycles. The van der Waals surface area contributed by atoms with Crippen molar-refractivity contribution in [3.8, 4) is 44.8 Å². The lowest BCUT2D eigenvalue weighted by Gasteiger charge is -2.12. The maximum Gasteiger partial charge on any atom is 0.126 e. The van der Waals surface area contributed by atoms with E-state index in [-0.39, 0.29) is 0 Å². The van der Waals surface area contributed by atoms with Crippen LogP contribution in [-0.2, 0) is 0 Å². The minimum atomic E-state index is 0.764. The average Bonchev–Trinajstić information content (AvgIpc) is 3.35. The van der Waals surface area contributed by atoms with Crippen LogP contribution in [0, 0.1) is 6.92 Å². The fourth-order valence-electron chi connectivity index (χ4n) is 5.12. The summed E-state index contributed by atoms with van der Waals surface area (Å²) in [6.07, 6.45) is 0. The Labute approximate surface area is 225 Å². The summed E-state index contributed by atoms with van der Waals surface area (Å²) in [6.45, 7) is 1.98. The molecule has 5 aromatic carbocycles. The summed E-state index contributed by atoms with van der Waals surface area (Å²) in [4.78, 5) is 9.73. The third-order valence-corrected chi connectivity index (χ3v) is 8.09. The molecule has 0 atom stereocenters. The first-order valence-electron chi connectivity index (χ1n) is 12.7. The molecule has 0 N–H and O–H groups in total. The van der Waals surface area contributed by atoms with Gasteiger partial charge in [-0.05, 0) is 65.6 Å². The summed E-state index contributed by atoms with van der Waals surface area (Å²) in [5.41, 5.74) is 8.79. The van der Waals surface area contributed by atoms with Crippen LogP contribution in [-0.4, -0.2) is 9.97 Å². The minimum Gasteiger partial charge on any atom is -0.233 e. The van der Waals surface area contributed by atoms with Crippen LogP contribution in [0.5, 0.6) is 0 Å². The Kier molecular flexibility index (Phi) is 5.57. The monoisotopic (exact) mass is 504 g/mol. The van der Waals surface area contributed by atoms with Gasteiger partial charge >= 0.3 is 0 Å². The van der Waals surface area contributed by atoms with Gasteiger partial charge in [-0.2, -0.15) is 0 Å². The number of hydrogen-bond acceptors (Lipinski definition) is 3. The predicted octanol–water partition coefficient (Wildman–Crippen LogP) is 9.82. The fourth-order valence-corrected chi connectivity index (χ4v) is 6.26. The van der Waals surface area contributed by atoms with E-state index < -0.39 is 0 Å². The van der Waals surface area contributed by atoms with Gasteiger partial charge in [0, 0.05) is 31.3 Å². The molecule has 0 radical (unpaired) electrons. The second-order valence-electron chi connectivity index (χ2n) is 9.53.